The van der Waals surface area contributed by atoms with Crippen molar-refractivity contribution in [1.29, 1.82) is 0 Å². The molecule has 1 saturated heterocycles. The standard InChI is InChI=1S/C40H70O5/c1-22-11-13-27(14-12-22)29-18-28(15-16-31(42)32-10-9-17-45-32)24(3)34-30(29)20-38(6)21-39(7)19-23(2)33(26(5)41)37(44)40(39,8)25(4)35(38)36(34)43/h22-37,41-44H,9-21H2,1-8H3. The quantitative estimate of drug-likeness (QED) is 0.244. The lowest BCUT2D eigenvalue weighted by molar-refractivity contribution is -0.282. The minimum Gasteiger partial charge on any atom is -0.393 e. The minimum absolute atomic E-state index is 0.00139. The molecular formula is C40H70O5. The number of hydrogen-bond donors (Lipinski definition) is 4. The third kappa shape index (κ3) is 5.61. The Balaban J connectivity index is 1.32. The Morgan fingerprint density at radius 2 is 1.58 bits per heavy atom. The summed E-state index contributed by atoms with van der Waals surface area (Å²) < 4.78 is 5.87. The number of aliphatic hydroxyl groups excluding tert-OH is 4. The molecule has 6 aliphatic rings. The fourth-order valence-corrected chi connectivity index (χ4v) is 14.3. The van der Waals surface area contributed by atoms with Crippen LogP contribution < -0.4 is 0 Å². The fourth-order valence-electron chi connectivity index (χ4n) is 14.3. The van der Waals surface area contributed by atoms with Gasteiger partial charge in [0, 0.05) is 17.9 Å². The SMILES string of the molecule is CC1CCC(C2CC(CCC(O)C3CCCO3)C(C)C3C(O)C4C(C)C5(C)C(O)C(C(C)O)C(C)CC5(C)CC4(C)CC23)CC1. The van der Waals surface area contributed by atoms with Crippen LogP contribution >= 0.6 is 0 Å². The molecule has 5 aliphatic carbocycles. The van der Waals surface area contributed by atoms with E-state index in [0.717, 1.165) is 57.0 Å². The molecule has 0 radical (unpaired) electrons. The van der Waals surface area contributed by atoms with Crippen molar-refractivity contribution in [3.63, 3.8) is 0 Å². The maximum absolute atomic E-state index is 12.8. The molecule has 17 atom stereocenters. The van der Waals surface area contributed by atoms with E-state index in [0.29, 0.717) is 23.7 Å². The van der Waals surface area contributed by atoms with E-state index >= 15 is 0 Å². The van der Waals surface area contributed by atoms with Gasteiger partial charge in [-0.3, -0.25) is 0 Å². The van der Waals surface area contributed by atoms with Crippen LogP contribution in [0.15, 0.2) is 0 Å². The van der Waals surface area contributed by atoms with Crippen LogP contribution in [0.1, 0.15) is 132 Å². The fraction of sp³-hybridized carbons (Fsp3) is 1.00. The summed E-state index contributed by atoms with van der Waals surface area (Å²) in [6.07, 6.45) is 11.9. The summed E-state index contributed by atoms with van der Waals surface area (Å²) in [5.41, 5.74) is -0.361. The number of aliphatic hydroxyl groups is 4. The first-order chi connectivity index (χ1) is 21.1. The first kappa shape index (κ1) is 34.7. The van der Waals surface area contributed by atoms with E-state index in [1.54, 1.807) is 0 Å². The molecule has 0 aromatic carbocycles. The largest absolute Gasteiger partial charge is 0.393 e. The lowest BCUT2D eigenvalue weighted by Gasteiger charge is -2.72. The highest BCUT2D eigenvalue weighted by molar-refractivity contribution is 5.19. The summed E-state index contributed by atoms with van der Waals surface area (Å²) in [4.78, 5) is 0. The van der Waals surface area contributed by atoms with Gasteiger partial charge in [0.1, 0.15) is 0 Å². The van der Waals surface area contributed by atoms with E-state index in [9.17, 15) is 20.4 Å². The number of hydrogen-bond acceptors (Lipinski definition) is 5. The molecule has 0 aromatic rings. The van der Waals surface area contributed by atoms with Crippen molar-refractivity contribution in [2.75, 3.05) is 6.61 Å². The summed E-state index contributed by atoms with van der Waals surface area (Å²) >= 11 is 0. The first-order valence-corrected chi connectivity index (χ1v) is 19.5. The van der Waals surface area contributed by atoms with Crippen molar-refractivity contribution in [3.8, 4) is 0 Å². The highest BCUT2D eigenvalue weighted by atomic mass is 16.5. The number of rotatable bonds is 6. The molecule has 1 heterocycles. The van der Waals surface area contributed by atoms with Crippen LogP contribution in [0.3, 0.4) is 0 Å². The van der Waals surface area contributed by atoms with Gasteiger partial charge in [-0.25, -0.2) is 0 Å². The van der Waals surface area contributed by atoms with Crippen LogP contribution in [0.25, 0.3) is 0 Å². The average Bonchev–Trinajstić information content (AvgIpc) is 3.50. The molecular weight excluding hydrogens is 560 g/mol. The molecule has 17 unspecified atom stereocenters. The van der Waals surface area contributed by atoms with E-state index < -0.39 is 12.2 Å². The van der Waals surface area contributed by atoms with E-state index in [1.165, 1.54) is 38.5 Å². The van der Waals surface area contributed by atoms with Gasteiger partial charge in [-0.05, 0) is 141 Å². The minimum atomic E-state index is -0.580. The molecule has 5 heteroatoms. The summed E-state index contributed by atoms with van der Waals surface area (Å²) in [5.74, 6) is 4.43. The smallest absolute Gasteiger partial charge is 0.0834 e. The van der Waals surface area contributed by atoms with Gasteiger partial charge < -0.3 is 25.2 Å². The van der Waals surface area contributed by atoms with Crippen LogP contribution in [0, 0.1) is 81.3 Å². The molecule has 260 valence electrons. The molecule has 6 fully saturated rings. The van der Waals surface area contributed by atoms with Crippen LogP contribution in [0.2, 0.25) is 0 Å². The Bertz CT molecular complexity index is 1020. The summed E-state index contributed by atoms with van der Waals surface area (Å²) in [6, 6.07) is 0. The van der Waals surface area contributed by atoms with Crippen molar-refractivity contribution >= 4 is 0 Å². The normalized spacial score (nSPS) is 56.5. The number of ether oxygens (including phenoxy) is 1. The van der Waals surface area contributed by atoms with Crippen molar-refractivity contribution < 1.29 is 25.2 Å². The maximum Gasteiger partial charge on any atom is 0.0834 e. The molecule has 6 rings (SSSR count). The first-order valence-electron chi connectivity index (χ1n) is 19.5. The van der Waals surface area contributed by atoms with Gasteiger partial charge in [0.2, 0.25) is 0 Å². The Labute approximate surface area is 275 Å². The van der Waals surface area contributed by atoms with E-state index in [2.05, 4.69) is 48.5 Å². The van der Waals surface area contributed by atoms with Crippen molar-refractivity contribution in [2.24, 2.45) is 81.3 Å². The lowest BCUT2D eigenvalue weighted by atomic mass is 9.33. The maximum atomic E-state index is 12.8. The van der Waals surface area contributed by atoms with Gasteiger partial charge in [-0.2, -0.15) is 0 Å². The Hall–Kier alpha value is -0.200. The molecule has 45 heavy (non-hydrogen) atoms. The Kier molecular flexibility index (Phi) is 9.70. The molecule has 0 amide bonds. The molecule has 0 aromatic heterocycles. The van der Waals surface area contributed by atoms with E-state index in [1.807, 2.05) is 6.92 Å². The molecule has 0 spiro atoms. The zero-order valence-electron chi connectivity index (χ0n) is 30.1. The highest BCUT2D eigenvalue weighted by Gasteiger charge is 2.70. The predicted octanol–water partition coefficient (Wildman–Crippen LogP) is 7.47. The Morgan fingerprint density at radius 3 is 2.20 bits per heavy atom. The average molecular weight is 631 g/mol. The lowest BCUT2D eigenvalue weighted by Crippen LogP contribution is -2.70. The van der Waals surface area contributed by atoms with Crippen molar-refractivity contribution in [2.45, 2.75) is 163 Å². The van der Waals surface area contributed by atoms with Crippen LogP contribution in [-0.4, -0.2) is 57.6 Å². The second-order valence-corrected chi connectivity index (χ2v) is 19.1. The van der Waals surface area contributed by atoms with Gasteiger partial charge in [0.05, 0.1) is 30.5 Å². The second-order valence-electron chi connectivity index (χ2n) is 19.1. The monoisotopic (exact) mass is 631 g/mol. The zero-order chi connectivity index (χ0) is 32.6. The molecule has 0 bridgehead atoms. The third-order valence-electron chi connectivity index (χ3n) is 16.7. The summed E-state index contributed by atoms with van der Waals surface area (Å²) in [5, 5.41) is 46.9. The van der Waals surface area contributed by atoms with Crippen molar-refractivity contribution in [3.05, 3.63) is 0 Å². The van der Waals surface area contributed by atoms with Gasteiger partial charge in [-0.1, -0.05) is 61.3 Å². The van der Waals surface area contributed by atoms with Gasteiger partial charge in [0.25, 0.3) is 0 Å². The van der Waals surface area contributed by atoms with E-state index in [-0.39, 0.29) is 64.1 Å². The van der Waals surface area contributed by atoms with Crippen LogP contribution in [0.4, 0.5) is 0 Å². The third-order valence-corrected chi connectivity index (χ3v) is 16.7. The molecule has 1 aliphatic heterocycles. The van der Waals surface area contributed by atoms with Gasteiger partial charge in [0.15, 0.2) is 0 Å². The number of fused-ring (bicyclic) bond motifs is 3. The van der Waals surface area contributed by atoms with Crippen LogP contribution in [0.5, 0.6) is 0 Å². The van der Waals surface area contributed by atoms with Crippen LogP contribution in [-0.2, 0) is 4.74 Å². The van der Waals surface area contributed by atoms with Crippen molar-refractivity contribution in [1.82, 2.24) is 0 Å². The zero-order valence-corrected chi connectivity index (χ0v) is 30.1. The topological polar surface area (TPSA) is 90.2 Å². The summed E-state index contributed by atoms with van der Waals surface area (Å²) in [7, 11) is 0. The van der Waals surface area contributed by atoms with Gasteiger partial charge in [-0.15, -0.1) is 0 Å². The second kappa shape index (κ2) is 12.6. The molecule has 4 N–H and O–H groups in total. The highest BCUT2D eigenvalue weighted by Crippen LogP contribution is 2.73. The molecule has 5 nitrogen and oxygen atoms in total. The predicted molar refractivity (Wildman–Crippen MR) is 180 cm³/mol. The Morgan fingerprint density at radius 1 is 0.889 bits per heavy atom. The summed E-state index contributed by atoms with van der Waals surface area (Å²) in [6.45, 7) is 19.4. The molecule has 5 saturated carbocycles. The van der Waals surface area contributed by atoms with E-state index in [4.69, 9.17) is 4.74 Å². The van der Waals surface area contributed by atoms with Gasteiger partial charge >= 0.3 is 0 Å².